The number of hydrogen-bond acceptors (Lipinski definition) is 3. The van der Waals surface area contributed by atoms with E-state index in [-0.39, 0.29) is 18.4 Å². The summed E-state index contributed by atoms with van der Waals surface area (Å²) in [4.78, 5) is 26.4. The van der Waals surface area contributed by atoms with Gasteiger partial charge in [0.1, 0.15) is 6.61 Å². The van der Waals surface area contributed by atoms with Gasteiger partial charge < -0.3 is 15.0 Å². The van der Waals surface area contributed by atoms with Gasteiger partial charge in [-0.15, -0.1) is 0 Å². The Hall–Kier alpha value is -2.66. The molecule has 5 heteroatoms. The van der Waals surface area contributed by atoms with E-state index in [1.165, 1.54) is 7.11 Å². The number of anilines is 2. The van der Waals surface area contributed by atoms with Crippen LogP contribution in [0.5, 0.6) is 0 Å². The largest absolute Gasteiger partial charge is 0.375 e. The molecule has 2 amide bonds. The van der Waals surface area contributed by atoms with Crippen molar-refractivity contribution >= 4 is 23.2 Å². The molecule has 0 aromatic heterocycles. The smallest absolute Gasteiger partial charge is 0.252 e. The zero-order chi connectivity index (χ0) is 18.5. The number of rotatable bonds is 5. The Balaban J connectivity index is 1.74. The van der Waals surface area contributed by atoms with E-state index in [1.54, 1.807) is 4.90 Å². The maximum atomic E-state index is 12.4. The third-order valence-corrected chi connectivity index (χ3v) is 4.50. The predicted octanol–water partition coefficient (Wildman–Crippen LogP) is 3.10. The number of hydrogen-bond donors (Lipinski definition) is 1. The molecule has 3 rings (SSSR count). The SMILES string of the molecule is COCC(=O)N1CCCc2ccc(NC(=O)Cc3cccc(C)c3)cc21. The van der Waals surface area contributed by atoms with Crippen molar-refractivity contribution in [3.05, 3.63) is 59.2 Å². The number of nitrogens with one attached hydrogen (secondary N) is 1. The Kier molecular flexibility index (Phi) is 5.68. The molecule has 0 atom stereocenters. The summed E-state index contributed by atoms with van der Waals surface area (Å²) in [5.74, 6) is -0.127. The Morgan fingerprint density at radius 1 is 1.19 bits per heavy atom. The summed E-state index contributed by atoms with van der Waals surface area (Å²) in [5, 5.41) is 2.94. The summed E-state index contributed by atoms with van der Waals surface area (Å²) in [7, 11) is 1.52. The van der Waals surface area contributed by atoms with Gasteiger partial charge in [-0.1, -0.05) is 35.9 Å². The molecule has 0 radical (unpaired) electrons. The van der Waals surface area contributed by atoms with Crippen LogP contribution in [0.4, 0.5) is 11.4 Å². The van der Waals surface area contributed by atoms with Crippen molar-refractivity contribution in [3.63, 3.8) is 0 Å². The van der Waals surface area contributed by atoms with E-state index in [0.717, 1.165) is 35.2 Å². The van der Waals surface area contributed by atoms with Gasteiger partial charge in [0.25, 0.3) is 5.91 Å². The summed E-state index contributed by atoms with van der Waals surface area (Å²) in [6.07, 6.45) is 2.19. The van der Waals surface area contributed by atoms with Crippen LogP contribution in [-0.4, -0.2) is 32.1 Å². The highest BCUT2D eigenvalue weighted by Crippen LogP contribution is 2.30. The monoisotopic (exact) mass is 352 g/mol. The van der Waals surface area contributed by atoms with E-state index in [1.807, 2.05) is 49.4 Å². The van der Waals surface area contributed by atoms with Gasteiger partial charge in [0.2, 0.25) is 5.91 Å². The molecule has 0 fully saturated rings. The molecule has 2 aromatic rings. The van der Waals surface area contributed by atoms with Gasteiger partial charge in [0.05, 0.1) is 6.42 Å². The lowest BCUT2D eigenvalue weighted by atomic mass is 10.0. The zero-order valence-corrected chi connectivity index (χ0v) is 15.2. The molecule has 0 bridgehead atoms. The second-order valence-electron chi connectivity index (χ2n) is 6.64. The van der Waals surface area contributed by atoms with Crippen molar-refractivity contribution in [1.82, 2.24) is 0 Å². The number of benzene rings is 2. The average Bonchev–Trinajstić information content (AvgIpc) is 2.61. The second-order valence-corrected chi connectivity index (χ2v) is 6.64. The van der Waals surface area contributed by atoms with Crippen LogP contribution >= 0.6 is 0 Å². The summed E-state index contributed by atoms with van der Waals surface area (Å²) in [6.45, 7) is 2.75. The van der Waals surface area contributed by atoms with Gasteiger partial charge in [-0.25, -0.2) is 0 Å². The number of carbonyl (C=O) groups is 2. The van der Waals surface area contributed by atoms with Crippen molar-refractivity contribution in [2.45, 2.75) is 26.2 Å². The van der Waals surface area contributed by atoms with E-state index in [2.05, 4.69) is 5.32 Å². The molecule has 1 aliphatic heterocycles. The summed E-state index contributed by atoms with van der Waals surface area (Å²) in [5.41, 5.74) is 4.82. The number of amides is 2. The van der Waals surface area contributed by atoms with Crippen molar-refractivity contribution in [2.24, 2.45) is 0 Å². The standard InChI is InChI=1S/C21H24N2O3/c1-15-5-3-6-16(11-15)12-20(24)22-18-9-8-17-7-4-10-23(19(17)13-18)21(25)14-26-2/h3,5-6,8-9,11,13H,4,7,10,12,14H2,1-2H3,(H,22,24). The molecule has 1 N–H and O–H groups in total. The lowest BCUT2D eigenvalue weighted by Crippen LogP contribution is -2.37. The van der Waals surface area contributed by atoms with Crippen LogP contribution in [0.15, 0.2) is 42.5 Å². The number of ether oxygens (including phenoxy) is 1. The number of methoxy groups -OCH3 is 1. The van der Waals surface area contributed by atoms with Crippen LogP contribution in [0, 0.1) is 6.92 Å². The van der Waals surface area contributed by atoms with Crippen molar-refractivity contribution < 1.29 is 14.3 Å². The number of carbonyl (C=O) groups excluding carboxylic acids is 2. The van der Waals surface area contributed by atoms with Gasteiger partial charge in [-0.05, 0) is 43.0 Å². The van der Waals surface area contributed by atoms with Crippen LogP contribution < -0.4 is 10.2 Å². The molecule has 136 valence electrons. The highest BCUT2D eigenvalue weighted by Gasteiger charge is 2.22. The van der Waals surface area contributed by atoms with Crippen LogP contribution in [0.1, 0.15) is 23.1 Å². The molecule has 1 aliphatic rings. The first kappa shape index (κ1) is 18.1. The summed E-state index contributed by atoms with van der Waals surface area (Å²) >= 11 is 0. The van der Waals surface area contributed by atoms with Gasteiger partial charge in [0.15, 0.2) is 0 Å². The minimum Gasteiger partial charge on any atom is -0.375 e. The van der Waals surface area contributed by atoms with Gasteiger partial charge in [-0.2, -0.15) is 0 Å². The van der Waals surface area contributed by atoms with Crippen LogP contribution in [0.25, 0.3) is 0 Å². The third kappa shape index (κ3) is 4.29. The first-order valence-corrected chi connectivity index (χ1v) is 8.84. The molecule has 2 aromatic carbocycles. The van der Waals surface area contributed by atoms with Crippen molar-refractivity contribution in [3.8, 4) is 0 Å². The first-order valence-electron chi connectivity index (χ1n) is 8.84. The second kappa shape index (κ2) is 8.15. The topological polar surface area (TPSA) is 58.6 Å². The Morgan fingerprint density at radius 3 is 2.81 bits per heavy atom. The lowest BCUT2D eigenvalue weighted by molar-refractivity contribution is -0.122. The third-order valence-electron chi connectivity index (χ3n) is 4.50. The number of fused-ring (bicyclic) bond motifs is 1. The van der Waals surface area contributed by atoms with E-state index < -0.39 is 0 Å². The van der Waals surface area contributed by atoms with E-state index >= 15 is 0 Å². The molecule has 0 aliphatic carbocycles. The quantitative estimate of drug-likeness (QED) is 0.899. The number of aryl methyl sites for hydroxylation is 2. The fourth-order valence-corrected chi connectivity index (χ4v) is 3.33. The Morgan fingerprint density at radius 2 is 2.04 bits per heavy atom. The van der Waals surface area contributed by atoms with Crippen molar-refractivity contribution in [1.29, 1.82) is 0 Å². The molecule has 0 saturated carbocycles. The molecule has 1 heterocycles. The highest BCUT2D eigenvalue weighted by atomic mass is 16.5. The molecule has 0 saturated heterocycles. The molecular formula is C21H24N2O3. The van der Waals surface area contributed by atoms with Gasteiger partial charge in [0, 0.05) is 25.0 Å². The maximum absolute atomic E-state index is 12.4. The summed E-state index contributed by atoms with van der Waals surface area (Å²) < 4.78 is 4.98. The molecule has 5 nitrogen and oxygen atoms in total. The van der Waals surface area contributed by atoms with Crippen LogP contribution in [0.2, 0.25) is 0 Å². The van der Waals surface area contributed by atoms with Crippen LogP contribution in [-0.2, 0) is 27.2 Å². The van der Waals surface area contributed by atoms with Gasteiger partial charge >= 0.3 is 0 Å². The predicted molar refractivity (Wildman–Crippen MR) is 103 cm³/mol. The first-order chi connectivity index (χ1) is 12.6. The van der Waals surface area contributed by atoms with Crippen LogP contribution in [0.3, 0.4) is 0 Å². The number of nitrogens with zero attached hydrogens (tertiary/aromatic N) is 1. The fraction of sp³-hybridized carbons (Fsp3) is 0.333. The Bertz CT molecular complexity index is 817. The Labute approximate surface area is 154 Å². The van der Waals surface area contributed by atoms with E-state index in [9.17, 15) is 9.59 Å². The molecule has 0 spiro atoms. The lowest BCUT2D eigenvalue weighted by Gasteiger charge is -2.30. The zero-order valence-electron chi connectivity index (χ0n) is 15.2. The highest BCUT2D eigenvalue weighted by molar-refractivity contribution is 5.97. The van der Waals surface area contributed by atoms with E-state index in [4.69, 9.17) is 4.74 Å². The fourth-order valence-electron chi connectivity index (χ4n) is 3.33. The van der Waals surface area contributed by atoms with Crippen molar-refractivity contribution in [2.75, 3.05) is 30.5 Å². The average molecular weight is 352 g/mol. The maximum Gasteiger partial charge on any atom is 0.252 e. The minimum atomic E-state index is -0.0684. The van der Waals surface area contributed by atoms with Gasteiger partial charge in [-0.3, -0.25) is 9.59 Å². The summed E-state index contributed by atoms with van der Waals surface area (Å²) in [6, 6.07) is 13.7. The molecule has 26 heavy (non-hydrogen) atoms. The normalized spacial score (nSPS) is 13.2. The minimum absolute atomic E-state index is 0.0586. The molecular weight excluding hydrogens is 328 g/mol. The van der Waals surface area contributed by atoms with E-state index in [0.29, 0.717) is 18.7 Å². The molecule has 0 unspecified atom stereocenters.